The van der Waals surface area contributed by atoms with Crippen LogP contribution in [0.15, 0.2) is 70.8 Å². The van der Waals surface area contributed by atoms with E-state index >= 15 is 0 Å². The summed E-state index contributed by atoms with van der Waals surface area (Å²) >= 11 is 0. The van der Waals surface area contributed by atoms with Crippen molar-refractivity contribution < 1.29 is 14.6 Å². The SMILES string of the molecule is COc1cc(/C=N/NC(=Nc2ccccc2)c2cc(C(C)(C)C)c(O)c(C(C)(C)C)c2)ccc1OCCC(C)C. The molecule has 0 unspecified atom stereocenters. The minimum absolute atomic E-state index is 0.267. The predicted molar refractivity (Wildman–Crippen MR) is 167 cm³/mol. The van der Waals surface area contributed by atoms with Crippen molar-refractivity contribution >= 4 is 17.7 Å². The highest BCUT2D eigenvalue weighted by atomic mass is 16.5. The van der Waals surface area contributed by atoms with Gasteiger partial charge in [0.05, 0.1) is 25.6 Å². The van der Waals surface area contributed by atoms with Gasteiger partial charge in [-0.3, -0.25) is 5.43 Å². The first-order valence-corrected chi connectivity index (χ1v) is 13.9. The summed E-state index contributed by atoms with van der Waals surface area (Å²) in [6, 6.07) is 19.5. The molecule has 0 aliphatic carbocycles. The van der Waals surface area contributed by atoms with Crippen molar-refractivity contribution in [3.05, 3.63) is 82.9 Å². The lowest BCUT2D eigenvalue weighted by Gasteiger charge is -2.28. The summed E-state index contributed by atoms with van der Waals surface area (Å²) in [4.78, 5) is 4.90. The summed E-state index contributed by atoms with van der Waals surface area (Å²) in [5.74, 6) is 2.86. The second-order valence-electron chi connectivity index (χ2n) is 12.5. The fourth-order valence-corrected chi connectivity index (χ4v) is 4.16. The molecule has 0 saturated carbocycles. The number of rotatable bonds is 9. The summed E-state index contributed by atoms with van der Waals surface area (Å²) in [6.45, 7) is 17.6. The van der Waals surface area contributed by atoms with E-state index < -0.39 is 0 Å². The van der Waals surface area contributed by atoms with Gasteiger partial charge in [-0.25, -0.2) is 4.99 Å². The van der Waals surface area contributed by atoms with E-state index in [0.717, 1.165) is 34.4 Å². The first-order valence-electron chi connectivity index (χ1n) is 13.9. The molecule has 3 rings (SSSR count). The third kappa shape index (κ3) is 8.35. The monoisotopic (exact) mass is 543 g/mol. The number of phenolic OH excluding ortho intramolecular Hbond substituents is 1. The molecule has 6 heteroatoms. The van der Waals surface area contributed by atoms with Crippen molar-refractivity contribution in [2.24, 2.45) is 16.0 Å². The number of methoxy groups -OCH3 is 1. The van der Waals surface area contributed by atoms with Crippen LogP contribution in [0.4, 0.5) is 5.69 Å². The third-order valence-corrected chi connectivity index (χ3v) is 6.52. The number of aliphatic imine (C=N–C) groups is 1. The van der Waals surface area contributed by atoms with Crippen LogP contribution < -0.4 is 14.9 Å². The topological polar surface area (TPSA) is 75.4 Å². The zero-order valence-corrected chi connectivity index (χ0v) is 25.5. The smallest absolute Gasteiger partial charge is 0.161 e. The molecular formula is C34H45N3O3. The molecule has 3 aromatic carbocycles. The van der Waals surface area contributed by atoms with Crippen molar-refractivity contribution in [3.8, 4) is 17.2 Å². The average molecular weight is 544 g/mol. The van der Waals surface area contributed by atoms with E-state index in [4.69, 9.17) is 14.5 Å². The molecule has 0 bridgehead atoms. The lowest BCUT2D eigenvalue weighted by Crippen LogP contribution is -2.23. The Morgan fingerprint density at radius 1 is 0.900 bits per heavy atom. The molecule has 0 atom stereocenters. The number of amidine groups is 1. The molecular weight excluding hydrogens is 498 g/mol. The van der Waals surface area contributed by atoms with Crippen LogP contribution in [0.25, 0.3) is 0 Å². The van der Waals surface area contributed by atoms with Gasteiger partial charge >= 0.3 is 0 Å². The summed E-state index contributed by atoms with van der Waals surface area (Å²) in [5, 5.41) is 15.8. The van der Waals surface area contributed by atoms with E-state index in [0.29, 0.717) is 35.6 Å². The molecule has 0 spiro atoms. The second-order valence-corrected chi connectivity index (χ2v) is 12.5. The number of hydrogen-bond donors (Lipinski definition) is 2. The maximum Gasteiger partial charge on any atom is 0.161 e. The molecule has 0 aliphatic heterocycles. The van der Waals surface area contributed by atoms with Gasteiger partial charge < -0.3 is 14.6 Å². The maximum absolute atomic E-state index is 11.2. The Kier molecular flexibility index (Phi) is 10.0. The highest BCUT2D eigenvalue weighted by Crippen LogP contribution is 2.40. The molecule has 0 amide bonds. The first-order chi connectivity index (χ1) is 18.8. The standard InChI is InChI=1S/C34H45N3O3/c1-23(2)17-18-40-29-16-15-24(19-30(29)39-9)22-35-37-32(36-26-13-11-10-12-14-26)25-20-27(33(3,4)5)31(38)28(21-25)34(6,7)8/h10-16,19-23,38H,17-18H2,1-9H3,(H,36,37)/b35-22+. The number of para-hydroxylation sites is 1. The first kappa shape index (κ1) is 30.7. The average Bonchev–Trinajstić information content (AvgIpc) is 2.88. The van der Waals surface area contributed by atoms with Gasteiger partial charge in [0, 0.05) is 16.7 Å². The van der Waals surface area contributed by atoms with Crippen LogP contribution in [-0.2, 0) is 10.8 Å². The third-order valence-electron chi connectivity index (χ3n) is 6.52. The van der Waals surface area contributed by atoms with E-state index in [1.807, 2.05) is 60.7 Å². The number of ether oxygens (including phenoxy) is 2. The lowest BCUT2D eigenvalue weighted by atomic mass is 9.78. The summed E-state index contributed by atoms with van der Waals surface area (Å²) < 4.78 is 11.5. The fourth-order valence-electron chi connectivity index (χ4n) is 4.16. The van der Waals surface area contributed by atoms with Crippen molar-refractivity contribution in [1.82, 2.24) is 5.43 Å². The minimum atomic E-state index is -0.267. The van der Waals surface area contributed by atoms with E-state index in [-0.39, 0.29) is 10.8 Å². The molecule has 0 aliphatic rings. The minimum Gasteiger partial charge on any atom is -0.507 e. The maximum atomic E-state index is 11.2. The van der Waals surface area contributed by atoms with Crippen LogP contribution in [0.1, 0.15) is 84.1 Å². The second kappa shape index (κ2) is 13.0. The summed E-state index contributed by atoms with van der Waals surface area (Å²) in [5.41, 5.74) is 6.86. The Bertz CT molecular complexity index is 1300. The van der Waals surface area contributed by atoms with Crippen molar-refractivity contribution in [1.29, 1.82) is 0 Å². The Morgan fingerprint density at radius 2 is 1.52 bits per heavy atom. The Balaban J connectivity index is 1.99. The normalized spacial score (nSPS) is 12.7. The number of nitrogens with zero attached hydrogens (tertiary/aromatic N) is 2. The van der Waals surface area contributed by atoms with Gasteiger partial charge in [0.15, 0.2) is 17.3 Å². The number of nitrogens with one attached hydrogen (secondary N) is 1. The zero-order valence-electron chi connectivity index (χ0n) is 25.5. The largest absolute Gasteiger partial charge is 0.507 e. The molecule has 0 fully saturated rings. The highest BCUT2D eigenvalue weighted by Gasteiger charge is 2.27. The van der Waals surface area contributed by atoms with Gasteiger partial charge in [0.2, 0.25) is 0 Å². The lowest BCUT2D eigenvalue weighted by molar-refractivity contribution is 0.273. The summed E-state index contributed by atoms with van der Waals surface area (Å²) in [7, 11) is 1.64. The Morgan fingerprint density at radius 3 is 2.08 bits per heavy atom. The molecule has 40 heavy (non-hydrogen) atoms. The van der Waals surface area contributed by atoms with Crippen LogP contribution in [-0.4, -0.2) is 30.9 Å². The molecule has 214 valence electrons. The van der Waals surface area contributed by atoms with Crippen LogP contribution in [0, 0.1) is 5.92 Å². The Labute approximate surface area is 240 Å². The fraction of sp³-hybridized carbons (Fsp3) is 0.412. The van der Waals surface area contributed by atoms with Gasteiger partial charge in [0.1, 0.15) is 5.75 Å². The van der Waals surface area contributed by atoms with Gasteiger partial charge in [-0.2, -0.15) is 5.10 Å². The van der Waals surface area contributed by atoms with Crippen LogP contribution in [0.2, 0.25) is 0 Å². The van der Waals surface area contributed by atoms with E-state index in [9.17, 15) is 5.11 Å². The summed E-state index contributed by atoms with van der Waals surface area (Å²) in [6.07, 6.45) is 2.71. The molecule has 3 aromatic rings. The van der Waals surface area contributed by atoms with Crippen molar-refractivity contribution in [3.63, 3.8) is 0 Å². The predicted octanol–water partition coefficient (Wildman–Crippen LogP) is 8.12. The number of benzene rings is 3. The van der Waals surface area contributed by atoms with Gasteiger partial charge in [0.25, 0.3) is 0 Å². The molecule has 0 radical (unpaired) electrons. The number of aromatic hydroxyl groups is 1. The molecule has 0 saturated heterocycles. The van der Waals surface area contributed by atoms with E-state index in [2.05, 4.69) is 65.9 Å². The van der Waals surface area contributed by atoms with Crippen LogP contribution >= 0.6 is 0 Å². The van der Waals surface area contributed by atoms with Crippen LogP contribution in [0.3, 0.4) is 0 Å². The zero-order chi connectivity index (χ0) is 29.5. The van der Waals surface area contributed by atoms with E-state index in [1.54, 1.807) is 13.3 Å². The number of hydrogen-bond acceptors (Lipinski definition) is 5. The number of phenols is 1. The molecule has 2 N–H and O–H groups in total. The van der Waals surface area contributed by atoms with E-state index in [1.165, 1.54) is 0 Å². The van der Waals surface area contributed by atoms with Gasteiger partial charge in [-0.15, -0.1) is 0 Å². The highest BCUT2D eigenvalue weighted by molar-refractivity contribution is 6.01. The molecule has 6 nitrogen and oxygen atoms in total. The molecule has 0 heterocycles. The Hall–Kier alpha value is -3.80. The van der Waals surface area contributed by atoms with Gasteiger partial charge in [-0.1, -0.05) is 73.6 Å². The van der Waals surface area contributed by atoms with Crippen molar-refractivity contribution in [2.45, 2.75) is 72.6 Å². The van der Waals surface area contributed by atoms with Gasteiger partial charge in [-0.05, 0) is 71.2 Å². The quantitative estimate of drug-likeness (QED) is 0.162. The molecule has 0 aromatic heterocycles. The van der Waals surface area contributed by atoms with Crippen LogP contribution in [0.5, 0.6) is 17.2 Å². The van der Waals surface area contributed by atoms with Crippen molar-refractivity contribution in [2.75, 3.05) is 13.7 Å². The number of hydrazone groups is 1.